The fourth-order valence-corrected chi connectivity index (χ4v) is 5.57. The van der Waals surface area contributed by atoms with Gasteiger partial charge in [-0.05, 0) is 30.3 Å². The predicted octanol–water partition coefficient (Wildman–Crippen LogP) is 2.07. The lowest BCUT2D eigenvalue weighted by Crippen LogP contribution is -2.48. The number of anilines is 2. The van der Waals surface area contributed by atoms with E-state index >= 15 is 0 Å². The quantitative estimate of drug-likeness (QED) is 0.524. The zero-order valence-corrected chi connectivity index (χ0v) is 19.6. The summed E-state index contributed by atoms with van der Waals surface area (Å²) in [6.07, 6.45) is 0.584. The number of para-hydroxylation sites is 1. The molecule has 0 N–H and O–H groups in total. The van der Waals surface area contributed by atoms with E-state index in [0.29, 0.717) is 55.8 Å². The number of rotatable bonds is 6. The van der Waals surface area contributed by atoms with E-state index in [1.807, 2.05) is 37.3 Å². The highest BCUT2D eigenvalue weighted by molar-refractivity contribution is 7.89. The standard InChI is InChI=1S/C23H25N5O5S/c1-2-22-24-21(25-33-22)15-28-19-14-18(8-9-20(19)32-16-23(28)29)34(30,31)27-12-10-26(11-13-27)17-6-4-3-5-7-17/h3-9,14H,2,10-13,15-16H2,1H3. The number of nitrogens with zero attached hydrogens (tertiary/aromatic N) is 5. The van der Waals surface area contributed by atoms with Gasteiger partial charge >= 0.3 is 0 Å². The summed E-state index contributed by atoms with van der Waals surface area (Å²) in [5, 5.41) is 3.91. The molecule has 0 spiro atoms. The van der Waals surface area contributed by atoms with Crippen molar-refractivity contribution in [2.24, 2.45) is 0 Å². The number of carbonyl (C=O) groups excluding carboxylic acids is 1. The number of ether oxygens (including phenoxy) is 1. The van der Waals surface area contributed by atoms with Gasteiger partial charge in [0, 0.05) is 38.3 Å². The van der Waals surface area contributed by atoms with Gasteiger partial charge in [0.25, 0.3) is 5.91 Å². The third-order valence-electron chi connectivity index (χ3n) is 5.98. The third kappa shape index (κ3) is 4.24. The Labute approximate surface area is 197 Å². The van der Waals surface area contributed by atoms with Crippen molar-refractivity contribution in [3.05, 3.63) is 60.2 Å². The number of sulfonamides is 1. The molecule has 10 nitrogen and oxygen atoms in total. The first-order chi connectivity index (χ1) is 16.5. The molecule has 5 rings (SSSR count). The molecule has 178 valence electrons. The summed E-state index contributed by atoms with van der Waals surface area (Å²) in [4.78, 5) is 20.6. The van der Waals surface area contributed by atoms with Crippen LogP contribution in [0.4, 0.5) is 11.4 Å². The summed E-state index contributed by atoms with van der Waals surface area (Å²) >= 11 is 0. The van der Waals surface area contributed by atoms with E-state index in [9.17, 15) is 13.2 Å². The number of aromatic nitrogens is 2. The van der Waals surface area contributed by atoms with Gasteiger partial charge < -0.3 is 14.2 Å². The number of aryl methyl sites for hydroxylation is 1. The highest BCUT2D eigenvalue weighted by atomic mass is 32.2. The molecule has 3 heterocycles. The van der Waals surface area contributed by atoms with Crippen LogP contribution in [-0.2, 0) is 27.8 Å². The Kier molecular flexibility index (Phi) is 5.96. The zero-order chi connectivity index (χ0) is 23.7. The van der Waals surface area contributed by atoms with Gasteiger partial charge in [0.2, 0.25) is 15.9 Å². The van der Waals surface area contributed by atoms with E-state index in [0.717, 1.165) is 5.69 Å². The van der Waals surface area contributed by atoms with Gasteiger partial charge in [0.05, 0.1) is 17.1 Å². The van der Waals surface area contributed by atoms with Gasteiger partial charge in [-0.15, -0.1) is 0 Å². The number of amides is 1. The Hall–Kier alpha value is -3.44. The highest BCUT2D eigenvalue weighted by Gasteiger charge is 2.32. The molecule has 1 aromatic heterocycles. The first-order valence-electron chi connectivity index (χ1n) is 11.1. The third-order valence-corrected chi connectivity index (χ3v) is 7.88. The zero-order valence-electron chi connectivity index (χ0n) is 18.8. The Morgan fingerprint density at radius 3 is 2.50 bits per heavy atom. The maximum atomic E-state index is 13.4. The van der Waals surface area contributed by atoms with Crippen LogP contribution in [0.5, 0.6) is 5.75 Å². The minimum atomic E-state index is -3.75. The van der Waals surface area contributed by atoms with Crippen LogP contribution in [0.15, 0.2) is 57.9 Å². The average Bonchev–Trinajstić information content (AvgIpc) is 3.34. The molecule has 34 heavy (non-hydrogen) atoms. The first kappa shape index (κ1) is 22.4. The molecule has 11 heteroatoms. The van der Waals surface area contributed by atoms with Crippen LogP contribution in [0.2, 0.25) is 0 Å². The van der Waals surface area contributed by atoms with E-state index in [4.69, 9.17) is 9.26 Å². The summed E-state index contributed by atoms with van der Waals surface area (Å²) in [7, 11) is -3.75. The van der Waals surface area contributed by atoms with Crippen LogP contribution in [0.1, 0.15) is 18.6 Å². The Bertz CT molecular complexity index is 1290. The summed E-state index contributed by atoms with van der Waals surface area (Å²) in [6.45, 7) is 3.76. The van der Waals surface area contributed by atoms with Gasteiger partial charge in [0.1, 0.15) is 5.75 Å². The van der Waals surface area contributed by atoms with Crippen LogP contribution in [-0.4, -0.2) is 61.6 Å². The van der Waals surface area contributed by atoms with Crippen molar-refractivity contribution in [3.63, 3.8) is 0 Å². The number of fused-ring (bicyclic) bond motifs is 1. The van der Waals surface area contributed by atoms with E-state index in [1.165, 1.54) is 21.3 Å². The van der Waals surface area contributed by atoms with Crippen LogP contribution in [0, 0.1) is 0 Å². The van der Waals surface area contributed by atoms with Crippen molar-refractivity contribution in [2.45, 2.75) is 24.8 Å². The minimum absolute atomic E-state index is 0.0674. The number of benzene rings is 2. The summed E-state index contributed by atoms with van der Waals surface area (Å²) in [5.74, 6) is 0.957. The largest absolute Gasteiger partial charge is 0.482 e. The van der Waals surface area contributed by atoms with Gasteiger partial charge in [-0.25, -0.2) is 8.42 Å². The molecule has 1 saturated heterocycles. The fourth-order valence-electron chi connectivity index (χ4n) is 4.13. The maximum absolute atomic E-state index is 13.4. The van der Waals surface area contributed by atoms with Crippen molar-refractivity contribution < 1.29 is 22.5 Å². The number of hydrogen-bond acceptors (Lipinski definition) is 8. The Morgan fingerprint density at radius 2 is 1.79 bits per heavy atom. The smallest absolute Gasteiger partial charge is 0.265 e. The van der Waals surface area contributed by atoms with Gasteiger partial charge in [-0.1, -0.05) is 30.3 Å². The molecule has 2 aliphatic rings. The normalized spacial score (nSPS) is 16.9. The summed E-state index contributed by atoms with van der Waals surface area (Å²) in [5.41, 5.74) is 1.45. The number of hydrogen-bond donors (Lipinski definition) is 0. The lowest BCUT2D eigenvalue weighted by Gasteiger charge is -2.35. The second kappa shape index (κ2) is 9.07. The lowest BCUT2D eigenvalue weighted by molar-refractivity contribution is -0.121. The predicted molar refractivity (Wildman–Crippen MR) is 124 cm³/mol. The Morgan fingerprint density at radius 1 is 1.03 bits per heavy atom. The van der Waals surface area contributed by atoms with Gasteiger partial charge in [-0.2, -0.15) is 9.29 Å². The van der Waals surface area contributed by atoms with Crippen molar-refractivity contribution in [1.29, 1.82) is 0 Å². The van der Waals surface area contributed by atoms with Crippen LogP contribution >= 0.6 is 0 Å². The molecule has 0 aliphatic carbocycles. The summed E-state index contributed by atoms with van der Waals surface area (Å²) in [6, 6.07) is 14.5. The topological polar surface area (TPSA) is 109 Å². The molecule has 3 aromatic rings. The van der Waals surface area contributed by atoms with Gasteiger partial charge in [0.15, 0.2) is 12.4 Å². The van der Waals surface area contributed by atoms with Crippen LogP contribution in [0.25, 0.3) is 0 Å². The Balaban J connectivity index is 1.37. The average molecular weight is 484 g/mol. The van der Waals surface area contributed by atoms with E-state index < -0.39 is 10.0 Å². The van der Waals surface area contributed by atoms with Crippen molar-refractivity contribution in [2.75, 3.05) is 42.6 Å². The molecule has 0 atom stereocenters. The molecule has 0 bridgehead atoms. The molecule has 0 radical (unpaired) electrons. The SMILES string of the molecule is CCc1nc(CN2C(=O)COc3ccc(S(=O)(=O)N4CCN(c5ccccc5)CC4)cc32)no1. The second-order valence-electron chi connectivity index (χ2n) is 8.08. The molecule has 1 amide bonds. The molecule has 1 fully saturated rings. The summed E-state index contributed by atoms with van der Waals surface area (Å²) < 4.78 is 39.0. The van der Waals surface area contributed by atoms with E-state index in [-0.39, 0.29) is 24.0 Å². The minimum Gasteiger partial charge on any atom is -0.482 e. The van der Waals surface area contributed by atoms with E-state index in [1.54, 1.807) is 6.07 Å². The maximum Gasteiger partial charge on any atom is 0.265 e. The van der Waals surface area contributed by atoms with Crippen LogP contribution < -0.4 is 14.5 Å². The van der Waals surface area contributed by atoms with Crippen molar-refractivity contribution in [1.82, 2.24) is 14.4 Å². The highest BCUT2D eigenvalue weighted by Crippen LogP contribution is 2.36. The molecule has 2 aromatic carbocycles. The molecule has 0 unspecified atom stereocenters. The van der Waals surface area contributed by atoms with Crippen molar-refractivity contribution >= 4 is 27.3 Å². The molecule has 2 aliphatic heterocycles. The fraction of sp³-hybridized carbons (Fsp3) is 0.348. The lowest BCUT2D eigenvalue weighted by atomic mass is 10.2. The number of piperazine rings is 1. The monoisotopic (exact) mass is 483 g/mol. The van der Waals surface area contributed by atoms with E-state index in [2.05, 4.69) is 15.0 Å². The first-order valence-corrected chi connectivity index (χ1v) is 12.6. The second-order valence-corrected chi connectivity index (χ2v) is 10.0. The van der Waals surface area contributed by atoms with Crippen molar-refractivity contribution in [3.8, 4) is 5.75 Å². The number of carbonyl (C=O) groups is 1. The molecular formula is C23H25N5O5S. The van der Waals surface area contributed by atoms with Crippen LogP contribution in [0.3, 0.4) is 0 Å². The van der Waals surface area contributed by atoms with Gasteiger partial charge in [-0.3, -0.25) is 9.69 Å². The molecular weight excluding hydrogens is 458 g/mol. The molecule has 0 saturated carbocycles.